The van der Waals surface area contributed by atoms with Gasteiger partial charge in [-0.3, -0.25) is 19.0 Å². The number of carbonyl (C=O) groups is 2. The molecule has 1 aromatic heterocycles. The van der Waals surface area contributed by atoms with Gasteiger partial charge in [0.2, 0.25) is 11.8 Å². The molecule has 0 saturated carbocycles. The summed E-state index contributed by atoms with van der Waals surface area (Å²) >= 11 is 0. The number of nitrogens with two attached hydrogens (primary N) is 1. The molecule has 0 atom stereocenters. The molecule has 3 N–H and O–H groups in total. The number of para-hydroxylation sites is 2. The number of anilines is 1. The Kier molecular flexibility index (Phi) is 4.07. The van der Waals surface area contributed by atoms with E-state index in [9.17, 15) is 14.4 Å². The molecule has 1 heterocycles. The molecule has 3 aromatic rings. The van der Waals surface area contributed by atoms with E-state index in [4.69, 9.17) is 5.73 Å². The number of hydrogen-bond donors (Lipinski definition) is 2. The summed E-state index contributed by atoms with van der Waals surface area (Å²) in [5, 5.41) is 2.65. The number of fused-ring (bicyclic) bond motifs is 1. The number of benzene rings is 2. The van der Waals surface area contributed by atoms with Crippen LogP contribution < -0.4 is 16.6 Å². The summed E-state index contributed by atoms with van der Waals surface area (Å²) in [5.41, 5.74) is 6.77. The Bertz CT molecular complexity index is 994. The number of rotatable bonds is 4. The van der Waals surface area contributed by atoms with Crippen molar-refractivity contribution in [2.45, 2.75) is 6.54 Å². The molecule has 2 aromatic carbocycles. The molecular formula is C17H14N4O3. The minimum atomic E-state index is -0.581. The fourth-order valence-electron chi connectivity index (χ4n) is 2.37. The van der Waals surface area contributed by atoms with Crippen molar-refractivity contribution in [3.63, 3.8) is 0 Å². The van der Waals surface area contributed by atoms with Crippen molar-refractivity contribution in [3.8, 4) is 0 Å². The zero-order valence-electron chi connectivity index (χ0n) is 12.6. The van der Waals surface area contributed by atoms with E-state index in [0.717, 1.165) is 0 Å². The van der Waals surface area contributed by atoms with Crippen LogP contribution in [0.25, 0.3) is 11.0 Å². The first kappa shape index (κ1) is 15.4. The molecule has 0 saturated heterocycles. The Hall–Kier alpha value is -3.48. The van der Waals surface area contributed by atoms with Crippen molar-refractivity contribution in [2.24, 2.45) is 5.73 Å². The Labute approximate surface area is 136 Å². The highest BCUT2D eigenvalue weighted by molar-refractivity contribution is 5.96. The van der Waals surface area contributed by atoms with E-state index < -0.39 is 11.8 Å². The predicted molar refractivity (Wildman–Crippen MR) is 89.6 cm³/mol. The van der Waals surface area contributed by atoms with Gasteiger partial charge in [0.1, 0.15) is 6.54 Å². The van der Waals surface area contributed by atoms with Crippen LogP contribution >= 0.6 is 0 Å². The summed E-state index contributed by atoms with van der Waals surface area (Å²) in [6.45, 7) is -0.164. The molecule has 3 rings (SSSR count). The van der Waals surface area contributed by atoms with Crippen LogP contribution in [-0.4, -0.2) is 21.4 Å². The average Bonchev–Trinajstić information content (AvgIpc) is 2.57. The lowest BCUT2D eigenvalue weighted by atomic mass is 10.2. The number of hydrogen-bond acceptors (Lipinski definition) is 4. The second-order valence-corrected chi connectivity index (χ2v) is 5.16. The Morgan fingerprint density at radius 1 is 1.12 bits per heavy atom. The molecule has 0 fully saturated rings. The largest absolute Gasteiger partial charge is 0.366 e. The van der Waals surface area contributed by atoms with E-state index in [1.54, 1.807) is 42.5 Å². The lowest BCUT2D eigenvalue weighted by Gasteiger charge is -2.10. The van der Waals surface area contributed by atoms with Crippen LogP contribution in [0, 0.1) is 0 Å². The van der Waals surface area contributed by atoms with E-state index in [0.29, 0.717) is 22.3 Å². The molecule has 0 spiro atoms. The third kappa shape index (κ3) is 3.14. The maximum Gasteiger partial charge on any atom is 0.269 e. The third-order valence-corrected chi connectivity index (χ3v) is 3.49. The Morgan fingerprint density at radius 3 is 2.71 bits per heavy atom. The molecule has 2 amide bonds. The van der Waals surface area contributed by atoms with Gasteiger partial charge in [0.05, 0.1) is 17.2 Å². The van der Waals surface area contributed by atoms with Crippen molar-refractivity contribution in [2.75, 3.05) is 5.32 Å². The van der Waals surface area contributed by atoms with Gasteiger partial charge < -0.3 is 11.1 Å². The zero-order chi connectivity index (χ0) is 17.1. The van der Waals surface area contributed by atoms with Crippen LogP contribution in [0.3, 0.4) is 0 Å². The number of primary amides is 1. The van der Waals surface area contributed by atoms with Crippen LogP contribution in [0.2, 0.25) is 0 Å². The van der Waals surface area contributed by atoms with Crippen LogP contribution in [0.4, 0.5) is 5.69 Å². The fourth-order valence-corrected chi connectivity index (χ4v) is 2.37. The molecule has 7 heteroatoms. The van der Waals surface area contributed by atoms with Gasteiger partial charge in [-0.25, -0.2) is 4.98 Å². The molecule has 7 nitrogen and oxygen atoms in total. The summed E-state index contributed by atoms with van der Waals surface area (Å²) in [7, 11) is 0. The normalized spacial score (nSPS) is 10.5. The molecule has 0 bridgehead atoms. The highest BCUT2D eigenvalue weighted by atomic mass is 16.2. The van der Waals surface area contributed by atoms with Crippen molar-refractivity contribution >= 4 is 28.5 Å². The van der Waals surface area contributed by atoms with Gasteiger partial charge in [-0.1, -0.05) is 18.2 Å². The van der Waals surface area contributed by atoms with Crippen molar-refractivity contribution in [3.05, 3.63) is 70.6 Å². The van der Waals surface area contributed by atoms with Crippen LogP contribution in [0.5, 0.6) is 0 Å². The van der Waals surface area contributed by atoms with Gasteiger partial charge in [0.15, 0.2) is 0 Å². The highest BCUT2D eigenvalue weighted by Crippen LogP contribution is 2.11. The monoisotopic (exact) mass is 322 g/mol. The van der Waals surface area contributed by atoms with Gasteiger partial charge in [-0.15, -0.1) is 0 Å². The zero-order valence-corrected chi connectivity index (χ0v) is 12.6. The van der Waals surface area contributed by atoms with Gasteiger partial charge in [0, 0.05) is 11.3 Å². The Balaban J connectivity index is 1.86. The van der Waals surface area contributed by atoms with E-state index in [2.05, 4.69) is 10.3 Å². The third-order valence-electron chi connectivity index (χ3n) is 3.49. The minimum Gasteiger partial charge on any atom is -0.366 e. The molecule has 0 aliphatic rings. The molecule has 0 aliphatic carbocycles. The molecule has 0 aliphatic heterocycles. The second kappa shape index (κ2) is 6.33. The van der Waals surface area contributed by atoms with Gasteiger partial charge in [0.25, 0.3) is 5.56 Å². The first-order chi connectivity index (χ1) is 11.5. The number of nitrogens with one attached hydrogen (secondary N) is 1. The fraction of sp³-hybridized carbons (Fsp3) is 0.0588. The maximum absolute atomic E-state index is 12.3. The molecular weight excluding hydrogens is 308 g/mol. The standard InChI is InChI=1S/C17H14N4O3/c18-17(24)11-4-3-5-12(8-11)20-15(22)10-21-14-7-2-1-6-13(14)19-9-16(21)23/h1-9H,10H2,(H2,18,24)(H,20,22). The van der Waals surface area contributed by atoms with Crippen LogP contribution in [-0.2, 0) is 11.3 Å². The number of amides is 2. The average molecular weight is 322 g/mol. The summed E-state index contributed by atoms with van der Waals surface area (Å²) in [6.07, 6.45) is 1.18. The SMILES string of the molecule is NC(=O)c1cccc(NC(=O)Cn2c(=O)cnc3ccccc32)c1. The number of aromatic nitrogens is 2. The number of carbonyl (C=O) groups excluding carboxylic acids is 2. The smallest absolute Gasteiger partial charge is 0.269 e. The molecule has 0 radical (unpaired) electrons. The van der Waals surface area contributed by atoms with E-state index in [1.807, 2.05) is 0 Å². The Morgan fingerprint density at radius 2 is 1.92 bits per heavy atom. The predicted octanol–water partition coefficient (Wildman–Crippen LogP) is 1.13. The quantitative estimate of drug-likeness (QED) is 0.751. The van der Waals surface area contributed by atoms with Crippen LogP contribution in [0.1, 0.15) is 10.4 Å². The van der Waals surface area contributed by atoms with Crippen molar-refractivity contribution in [1.29, 1.82) is 0 Å². The second-order valence-electron chi connectivity index (χ2n) is 5.16. The van der Waals surface area contributed by atoms with E-state index >= 15 is 0 Å². The van der Waals surface area contributed by atoms with E-state index in [-0.39, 0.29) is 12.1 Å². The van der Waals surface area contributed by atoms with Gasteiger partial charge in [-0.2, -0.15) is 0 Å². The summed E-state index contributed by atoms with van der Waals surface area (Å²) in [4.78, 5) is 39.5. The molecule has 0 unspecified atom stereocenters. The van der Waals surface area contributed by atoms with Crippen LogP contribution in [0.15, 0.2) is 59.5 Å². The van der Waals surface area contributed by atoms with Crippen molar-refractivity contribution < 1.29 is 9.59 Å². The first-order valence-electron chi connectivity index (χ1n) is 7.19. The summed E-state index contributed by atoms with van der Waals surface area (Å²) in [5.74, 6) is -0.975. The lowest BCUT2D eigenvalue weighted by Crippen LogP contribution is -2.28. The highest BCUT2D eigenvalue weighted by Gasteiger charge is 2.10. The number of nitrogens with zero attached hydrogens (tertiary/aromatic N) is 2. The summed E-state index contributed by atoms with van der Waals surface area (Å²) < 4.78 is 1.34. The van der Waals surface area contributed by atoms with Crippen molar-refractivity contribution in [1.82, 2.24) is 9.55 Å². The molecule has 120 valence electrons. The van der Waals surface area contributed by atoms with E-state index in [1.165, 1.54) is 16.8 Å². The first-order valence-corrected chi connectivity index (χ1v) is 7.19. The topological polar surface area (TPSA) is 107 Å². The summed E-state index contributed by atoms with van der Waals surface area (Å²) in [6, 6.07) is 13.4. The lowest BCUT2D eigenvalue weighted by molar-refractivity contribution is -0.116. The molecule has 24 heavy (non-hydrogen) atoms. The van der Waals surface area contributed by atoms with Gasteiger partial charge in [-0.05, 0) is 30.3 Å². The minimum absolute atomic E-state index is 0.164. The maximum atomic E-state index is 12.3. The van der Waals surface area contributed by atoms with Gasteiger partial charge >= 0.3 is 0 Å².